The fraction of sp³-hybridized carbons (Fsp3) is 0.571. The van der Waals surface area contributed by atoms with E-state index in [0.717, 1.165) is 30.3 Å². The summed E-state index contributed by atoms with van der Waals surface area (Å²) in [5, 5.41) is 0. The van der Waals surface area contributed by atoms with Gasteiger partial charge in [-0.15, -0.1) is 0 Å². The minimum Gasteiger partial charge on any atom is -0.330 e. The lowest BCUT2D eigenvalue weighted by atomic mass is 9.90. The van der Waals surface area contributed by atoms with E-state index in [1.807, 2.05) is 0 Å². The first-order valence-electron chi connectivity index (χ1n) is 6.41. The smallest absolute Gasteiger partial charge is 0.0323 e. The molecule has 2 nitrogen and oxygen atoms in total. The van der Waals surface area contributed by atoms with Gasteiger partial charge in [0.25, 0.3) is 0 Å². The predicted molar refractivity (Wildman–Crippen MR) is 74.4 cm³/mol. The summed E-state index contributed by atoms with van der Waals surface area (Å²) in [5.41, 5.74) is 1.47. The molecule has 0 bridgehead atoms. The molecule has 0 unspecified atom stereocenters. The van der Waals surface area contributed by atoms with Gasteiger partial charge in [0.15, 0.2) is 0 Å². The molecular formula is C14H21NOS. The van der Waals surface area contributed by atoms with E-state index >= 15 is 0 Å². The maximum atomic E-state index is 8.73. The van der Waals surface area contributed by atoms with Crippen LogP contribution in [0.1, 0.15) is 18.4 Å². The Morgan fingerprint density at radius 1 is 1.18 bits per heavy atom. The molecule has 0 atom stereocenters. The Morgan fingerprint density at radius 3 is 2.53 bits per heavy atom. The molecule has 0 aliphatic carbocycles. The lowest BCUT2D eigenvalue weighted by Crippen LogP contribution is -2.35. The van der Waals surface area contributed by atoms with E-state index in [0.29, 0.717) is 0 Å². The summed E-state index contributed by atoms with van der Waals surface area (Å²) >= 11 is 0.957. The highest BCUT2D eigenvalue weighted by Gasteiger charge is 2.18. The van der Waals surface area contributed by atoms with Gasteiger partial charge in [0.05, 0.1) is 0 Å². The first kappa shape index (κ1) is 12.9. The summed E-state index contributed by atoms with van der Waals surface area (Å²) in [5.74, 6) is 1.68. The molecule has 0 saturated carbocycles. The number of hydrogen-bond donors (Lipinski definition) is 1. The maximum Gasteiger partial charge on any atom is 0.0323 e. The van der Waals surface area contributed by atoms with Crippen molar-refractivity contribution in [3.05, 3.63) is 35.9 Å². The summed E-state index contributed by atoms with van der Waals surface area (Å²) < 4.78 is 8.73. The lowest BCUT2D eigenvalue weighted by Gasteiger charge is -2.31. The van der Waals surface area contributed by atoms with Crippen molar-refractivity contribution >= 4 is 12.0 Å². The summed E-state index contributed by atoms with van der Waals surface area (Å²) in [7, 11) is 0. The molecule has 1 aliphatic rings. The van der Waals surface area contributed by atoms with Gasteiger partial charge in [0, 0.05) is 12.3 Å². The highest BCUT2D eigenvalue weighted by atomic mass is 32.2. The molecule has 17 heavy (non-hydrogen) atoms. The van der Waals surface area contributed by atoms with Crippen LogP contribution in [0.15, 0.2) is 30.3 Å². The second-order valence-electron chi connectivity index (χ2n) is 4.81. The molecule has 1 saturated heterocycles. The van der Waals surface area contributed by atoms with Crippen molar-refractivity contribution in [1.82, 2.24) is 4.90 Å². The van der Waals surface area contributed by atoms with E-state index in [1.54, 1.807) is 0 Å². The van der Waals surface area contributed by atoms with Crippen molar-refractivity contribution in [2.75, 3.05) is 25.4 Å². The molecular weight excluding hydrogens is 230 g/mol. The third-order valence-corrected chi connectivity index (χ3v) is 3.94. The van der Waals surface area contributed by atoms with Crippen LogP contribution in [0.25, 0.3) is 0 Å². The Balaban J connectivity index is 1.72. The van der Waals surface area contributed by atoms with Crippen LogP contribution in [0, 0.1) is 5.92 Å². The predicted octanol–water partition coefficient (Wildman–Crippen LogP) is 3.15. The Bertz CT molecular complexity index is 309. The van der Waals surface area contributed by atoms with E-state index in [-0.39, 0.29) is 0 Å². The molecule has 0 amide bonds. The first-order valence-corrected chi connectivity index (χ1v) is 7.35. The highest BCUT2D eigenvalue weighted by Crippen LogP contribution is 2.21. The molecule has 94 valence electrons. The van der Waals surface area contributed by atoms with E-state index < -0.39 is 0 Å². The van der Waals surface area contributed by atoms with Gasteiger partial charge < -0.3 is 9.45 Å². The SMILES string of the molecule is OSCCN1CCC(Cc2ccccc2)CC1. The number of nitrogens with zero attached hydrogens (tertiary/aromatic N) is 1. The standard InChI is InChI=1S/C14H21NOS/c16-17-11-10-15-8-6-14(7-9-15)12-13-4-2-1-3-5-13/h1-5,14,16H,6-12H2. The fourth-order valence-electron chi connectivity index (χ4n) is 2.53. The fourth-order valence-corrected chi connectivity index (χ4v) is 2.87. The van der Waals surface area contributed by atoms with Crippen molar-refractivity contribution < 1.29 is 4.55 Å². The topological polar surface area (TPSA) is 23.5 Å². The molecule has 0 radical (unpaired) electrons. The minimum absolute atomic E-state index is 0.837. The molecule has 0 spiro atoms. The number of hydrogen-bond acceptors (Lipinski definition) is 3. The molecule has 2 rings (SSSR count). The van der Waals surface area contributed by atoms with Crippen LogP contribution < -0.4 is 0 Å². The minimum atomic E-state index is 0.837. The van der Waals surface area contributed by atoms with E-state index in [1.165, 1.54) is 37.9 Å². The molecule has 1 N–H and O–H groups in total. The van der Waals surface area contributed by atoms with Gasteiger partial charge in [-0.05, 0) is 55.9 Å². The summed E-state index contributed by atoms with van der Waals surface area (Å²) in [6.07, 6.45) is 3.82. The maximum absolute atomic E-state index is 8.73. The van der Waals surface area contributed by atoms with Gasteiger partial charge in [0.1, 0.15) is 0 Å². The van der Waals surface area contributed by atoms with Crippen LogP contribution in [-0.4, -0.2) is 34.8 Å². The molecule has 1 fully saturated rings. The van der Waals surface area contributed by atoms with Crippen LogP contribution in [-0.2, 0) is 6.42 Å². The summed E-state index contributed by atoms with van der Waals surface area (Å²) in [6.45, 7) is 3.41. The Hall–Kier alpha value is -0.510. The van der Waals surface area contributed by atoms with Gasteiger partial charge in [-0.2, -0.15) is 0 Å². The Kier molecular flexibility index (Phi) is 5.36. The van der Waals surface area contributed by atoms with Crippen LogP contribution in [0.5, 0.6) is 0 Å². The van der Waals surface area contributed by atoms with Gasteiger partial charge in [-0.25, -0.2) is 0 Å². The second kappa shape index (κ2) is 7.04. The largest absolute Gasteiger partial charge is 0.330 e. The van der Waals surface area contributed by atoms with Gasteiger partial charge in [-0.1, -0.05) is 30.3 Å². The van der Waals surface area contributed by atoms with Crippen LogP contribution >= 0.6 is 12.0 Å². The van der Waals surface area contributed by atoms with E-state index in [4.69, 9.17) is 4.55 Å². The highest BCUT2D eigenvalue weighted by molar-refractivity contribution is 7.93. The van der Waals surface area contributed by atoms with Crippen molar-refractivity contribution in [3.8, 4) is 0 Å². The monoisotopic (exact) mass is 251 g/mol. The van der Waals surface area contributed by atoms with Crippen LogP contribution in [0.4, 0.5) is 0 Å². The third kappa shape index (κ3) is 4.34. The summed E-state index contributed by atoms with van der Waals surface area (Å²) in [6, 6.07) is 10.8. The molecule has 1 aliphatic heterocycles. The van der Waals surface area contributed by atoms with Gasteiger partial charge >= 0.3 is 0 Å². The van der Waals surface area contributed by atoms with Crippen LogP contribution in [0.2, 0.25) is 0 Å². The van der Waals surface area contributed by atoms with Crippen molar-refractivity contribution in [3.63, 3.8) is 0 Å². The van der Waals surface area contributed by atoms with Gasteiger partial charge in [0.2, 0.25) is 0 Å². The normalized spacial score (nSPS) is 18.4. The van der Waals surface area contributed by atoms with E-state index in [9.17, 15) is 0 Å². The third-order valence-electron chi connectivity index (χ3n) is 3.57. The zero-order chi connectivity index (χ0) is 11.9. The zero-order valence-electron chi connectivity index (χ0n) is 10.2. The van der Waals surface area contributed by atoms with Crippen molar-refractivity contribution in [2.45, 2.75) is 19.3 Å². The number of piperidine rings is 1. The second-order valence-corrected chi connectivity index (χ2v) is 5.47. The van der Waals surface area contributed by atoms with Gasteiger partial charge in [-0.3, -0.25) is 0 Å². The number of rotatable bonds is 5. The molecule has 1 heterocycles. The lowest BCUT2D eigenvalue weighted by molar-refractivity contribution is 0.193. The zero-order valence-corrected chi connectivity index (χ0v) is 11.0. The molecule has 3 heteroatoms. The Morgan fingerprint density at radius 2 is 1.88 bits per heavy atom. The quantitative estimate of drug-likeness (QED) is 0.813. The van der Waals surface area contributed by atoms with Crippen molar-refractivity contribution in [2.24, 2.45) is 5.92 Å². The number of likely N-dealkylation sites (tertiary alicyclic amines) is 1. The van der Waals surface area contributed by atoms with Crippen molar-refractivity contribution in [1.29, 1.82) is 0 Å². The first-order chi connectivity index (χ1) is 8.38. The average Bonchev–Trinajstić information content (AvgIpc) is 2.39. The summed E-state index contributed by atoms with van der Waals surface area (Å²) in [4.78, 5) is 2.46. The van der Waals surface area contributed by atoms with Crippen LogP contribution in [0.3, 0.4) is 0 Å². The number of benzene rings is 1. The molecule has 1 aromatic carbocycles. The van der Waals surface area contributed by atoms with E-state index in [2.05, 4.69) is 35.2 Å². The Labute approximate surface area is 108 Å². The molecule has 1 aromatic rings. The average molecular weight is 251 g/mol. The molecule has 0 aromatic heterocycles.